The molecule has 0 aliphatic carbocycles. The number of rotatable bonds is 8. The summed E-state index contributed by atoms with van der Waals surface area (Å²) in [4.78, 5) is 2.14. The van der Waals surface area contributed by atoms with Crippen LogP contribution in [-0.2, 0) is 0 Å². The summed E-state index contributed by atoms with van der Waals surface area (Å²) in [5.41, 5.74) is 1.77. The highest BCUT2D eigenvalue weighted by Crippen LogP contribution is 2.28. The molecule has 4 heteroatoms. The van der Waals surface area contributed by atoms with Gasteiger partial charge in [0.05, 0.1) is 0 Å². The number of benzene rings is 1. The summed E-state index contributed by atoms with van der Waals surface area (Å²) in [5, 5.41) is 3.37. The predicted octanol–water partition coefficient (Wildman–Crippen LogP) is 3.69. The zero-order valence-electron chi connectivity index (χ0n) is 12.4. The first-order chi connectivity index (χ1) is 9.11. The highest BCUT2D eigenvalue weighted by atomic mass is 32.2. The fourth-order valence-electron chi connectivity index (χ4n) is 2.10. The SMILES string of the molecule is CCCNC(C)c1c(F)cccc1N(C)CCSC. The zero-order valence-corrected chi connectivity index (χ0v) is 13.2. The number of nitrogens with one attached hydrogen (secondary N) is 1. The highest BCUT2D eigenvalue weighted by molar-refractivity contribution is 7.98. The average molecular weight is 284 g/mol. The third-order valence-corrected chi connectivity index (χ3v) is 3.80. The molecule has 1 aromatic rings. The van der Waals surface area contributed by atoms with Crippen molar-refractivity contribution in [2.45, 2.75) is 26.3 Å². The number of thioether (sulfide) groups is 1. The molecule has 0 bridgehead atoms. The second-order valence-electron chi connectivity index (χ2n) is 4.76. The molecule has 19 heavy (non-hydrogen) atoms. The predicted molar refractivity (Wildman–Crippen MR) is 84.8 cm³/mol. The van der Waals surface area contributed by atoms with E-state index in [4.69, 9.17) is 0 Å². The number of anilines is 1. The van der Waals surface area contributed by atoms with Crippen LogP contribution < -0.4 is 10.2 Å². The van der Waals surface area contributed by atoms with Crippen LogP contribution in [0.5, 0.6) is 0 Å². The maximum atomic E-state index is 14.1. The molecule has 0 radical (unpaired) electrons. The summed E-state index contributed by atoms with van der Waals surface area (Å²) in [6.45, 7) is 5.98. The van der Waals surface area contributed by atoms with E-state index in [-0.39, 0.29) is 11.9 Å². The van der Waals surface area contributed by atoms with Gasteiger partial charge >= 0.3 is 0 Å². The van der Waals surface area contributed by atoms with Gasteiger partial charge in [0.25, 0.3) is 0 Å². The van der Waals surface area contributed by atoms with Gasteiger partial charge in [-0.1, -0.05) is 13.0 Å². The molecule has 0 aromatic heterocycles. The lowest BCUT2D eigenvalue weighted by atomic mass is 10.0. The Bertz CT molecular complexity index is 384. The summed E-state index contributed by atoms with van der Waals surface area (Å²) in [6, 6.07) is 5.37. The van der Waals surface area contributed by atoms with Crippen LogP contribution in [0.2, 0.25) is 0 Å². The van der Waals surface area contributed by atoms with E-state index in [1.54, 1.807) is 23.9 Å². The van der Waals surface area contributed by atoms with E-state index in [1.807, 2.05) is 20.0 Å². The molecule has 1 aromatic carbocycles. The van der Waals surface area contributed by atoms with Gasteiger partial charge in [-0.15, -0.1) is 0 Å². The maximum Gasteiger partial charge on any atom is 0.130 e. The molecule has 0 amide bonds. The van der Waals surface area contributed by atoms with Gasteiger partial charge in [-0.25, -0.2) is 4.39 Å². The summed E-state index contributed by atoms with van der Waals surface area (Å²) in [5.74, 6) is 0.924. The third-order valence-electron chi connectivity index (χ3n) is 3.21. The zero-order chi connectivity index (χ0) is 14.3. The largest absolute Gasteiger partial charge is 0.373 e. The quantitative estimate of drug-likeness (QED) is 0.784. The van der Waals surface area contributed by atoms with E-state index in [0.717, 1.165) is 36.5 Å². The van der Waals surface area contributed by atoms with Crippen molar-refractivity contribution < 1.29 is 4.39 Å². The van der Waals surface area contributed by atoms with Gasteiger partial charge in [0.15, 0.2) is 0 Å². The Balaban J connectivity index is 2.93. The van der Waals surface area contributed by atoms with Crippen molar-refractivity contribution in [2.24, 2.45) is 0 Å². The number of halogens is 1. The molecule has 0 aliphatic heterocycles. The van der Waals surface area contributed by atoms with Crippen molar-refractivity contribution in [3.8, 4) is 0 Å². The summed E-state index contributed by atoms with van der Waals surface area (Å²) in [6.07, 6.45) is 3.14. The number of hydrogen-bond acceptors (Lipinski definition) is 3. The molecule has 1 N–H and O–H groups in total. The van der Waals surface area contributed by atoms with Gasteiger partial charge < -0.3 is 10.2 Å². The highest BCUT2D eigenvalue weighted by Gasteiger charge is 2.17. The molecule has 2 nitrogen and oxygen atoms in total. The fraction of sp³-hybridized carbons (Fsp3) is 0.600. The lowest BCUT2D eigenvalue weighted by Crippen LogP contribution is -2.26. The van der Waals surface area contributed by atoms with E-state index >= 15 is 0 Å². The first kappa shape index (κ1) is 16.3. The lowest BCUT2D eigenvalue weighted by molar-refractivity contribution is 0.527. The van der Waals surface area contributed by atoms with Gasteiger partial charge in [-0.2, -0.15) is 11.8 Å². The first-order valence-corrected chi connectivity index (χ1v) is 8.23. The number of hydrogen-bond donors (Lipinski definition) is 1. The normalized spacial score (nSPS) is 12.5. The van der Waals surface area contributed by atoms with Crippen LogP contribution >= 0.6 is 11.8 Å². The minimum Gasteiger partial charge on any atom is -0.373 e. The van der Waals surface area contributed by atoms with E-state index in [2.05, 4.69) is 23.4 Å². The van der Waals surface area contributed by atoms with E-state index < -0.39 is 0 Å². The summed E-state index contributed by atoms with van der Waals surface area (Å²) < 4.78 is 14.1. The Labute approximate surface area is 120 Å². The van der Waals surface area contributed by atoms with Crippen molar-refractivity contribution in [3.63, 3.8) is 0 Å². The Morgan fingerprint density at radius 2 is 2.16 bits per heavy atom. The molecular formula is C15H25FN2S. The van der Waals surface area contributed by atoms with Gasteiger partial charge in [-0.3, -0.25) is 0 Å². The third kappa shape index (κ3) is 4.69. The molecule has 0 heterocycles. The molecule has 0 saturated carbocycles. The summed E-state index contributed by atoms with van der Waals surface area (Å²) in [7, 11) is 2.03. The molecule has 0 saturated heterocycles. The Morgan fingerprint density at radius 3 is 2.79 bits per heavy atom. The molecule has 108 valence electrons. The molecule has 0 spiro atoms. The second kappa shape index (κ2) is 8.43. The van der Waals surface area contributed by atoms with Crippen LogP contribution in [0.3, 0.4) is 0 Å². The van der Waals surface area contributed by atoms with Crippen molar-refractivity contribution in [2.75, 3.05) is 37.0 Å². The van der Waals surface area contributed by atoms with Crippen molar-refractivity contribution in [1.29, 1.82) is 0 Å². The van der Waals surface area contributed by atoms with Crippen molar-refractivity contribution in [1.82, 2.24) is 5.32 Å². The van der Waals surface area contributed by atoms with Crippen LogP contribution in [0.4, 0.5) is 10.1 Å². The molecule has 0 fully saturated rings. The molecule has 1 rings (SSSR count). The first-order valence-electron chi connectivity index (χ1n) is 6.83. The van der Waals surface area contributed by atoms with Crippen LogP contribution in [-0.4, -0.2) is 32.1 Å². The lowest BCUT2D eigenvalue weighted by Gasteiger charge is -2.26. The van der Waals surface area contributed by atoms with Crippen LogP contribution in [0.15, 0.2) is 18.2 Å². The average Bonchev–Trinajstić information content (AvgIpc) is 2.41. The fourth-order valence-corrected chi connectivity index (χ4v) is 2.56. The smallest absolute Gasteiger partial charge is 0.130 e. The van der Waals surface area contributed by atoms with Crippen LogP contribution in [0.1, 0.15) is 31.9 Å². The standard InChI is InChI=1S/C15H25FN2S/c1-5-9-17-12(2)15-13(16)7-6-8-14(15)18(3)10-11-19-4/h6-8,12,17H,5,9-11H2,1-4H3. The van der Waals surface area contributed by atoms with Crippen LogP contribution in [0.25, 0.3) is 0 Å². The van der Waals surface area contributed by atoms with Gasteiger partial charge in [0.2, 0.25) is 0 Å². The molecular weight excluding hydrogens is 259 g/mol. The molecule has 1 unspecified atom stereocenters. The Morgan fingerprint density at radius 1 is 1.42 bits per heavy atom. The van der Waals surface area contributed by atoms with Gasteiger partial charge in [0, 0.05) is 36.6 Å². The topological polar surface area (TPSA) is 15.3 Å². The molecule has 1 atom stereocenters. The number of nitrogens with zero attached hydrogens (tertiary/aromatic N) is 1. The van der Waals surface area contributed by atoms with Gasteiger partial charge in [0.1, 0.15) is 5.82 Å². The van der Waals surface area contributed by atoms with E-state index in [9.17, 15) is 4.39 Å². The van der Waals surface area contributed by atoms with Crippen molar-refractivity contribution in [3.05, 3.63) is 29.6 Å². The van der Waals surface area contributed by atoms with Crippen molar-refractivity contribution >= 4 is 17.4 Å². The minimum atomic E-state index is -0.121. The second-order valence-corrected chi connectivity index (χ2v) is 5.75. The minimum absolute atomic E-state index is 0.0351. The molecule has 0 aliphatic rings. The van der Waals surface area contributed by atoms with Gasteiger partial charge in [-0.05, 0) is 38.3 Å². The Hall–Kier alpha value is -0.740. The van der Waals surface area contributed by atoms with Crippen LogP contribution in [0, 0.1) is 5.82 Å². The monoisotopic (exact) mass is 284 g/mol. The van der Waals surface area contributed by atoms with E-state index in [1.165, 1.54) is 0 Å². The summed E-state index contributed by atoms with van der Waals surface area (Å²) >= 11 is 1.81. The Kier molecular flexibility index (Phi) is 7.24. The maximum absolute atomic E-state index is 14.1. The van der Waals surface area contributed by atoms with E-state index in [0.29, 0.717) is 0 Å².